The van der Waals surface area contributed by atoms with Gasteiger partial charge in [0.25, 0.3) is 0 Å². The normalized spacial score (nSPS) is 47.0. The molecule has 2 aliphatic carbocycles. The SMILES string of the molecule is CN1CC[C@]2(CC[C@H]3CCCC[C@H]3C2)C1. The third kappa shape index (κ3) is 1.84. The summed E-state index contributed by atoms with van der Waals surface area (Å²) in [5, 5.41) is 0. The predicted octanol–water partition coefficient (Wildman–Crippen LogP) is 3.30. The first-order valence-electron chi connectivity index (χ1n) is 6.96. The standard InChI is InChI=1S/C14H25N/c1-15-9-8-14(11-15)7-6-12-4-2-3-5-13(12)10-14/h12-13H,2-11H2,1H3/t12-,13+,14+/m1/s1. The zero-order valence-electron chi connectivity index (χ0n) is 10.2. The molecule has 0 aromatic heterocycles. The Morgan fingerprint density at radius 3 is 2.53 bits per heavy atom. The molecular weight excluding hydrogens is 182 g/mol. The van der Waals surface area contributed by atoms with E-state index in [0.717, 1.165) is 17.3 Å². The van der Waals surface area contributed by atoms with Crippen LogP contribution in [0.2, 0.25) is 0 Å². The van der Waals surface area contributed by atoms with Crippen LogP contribution >= 0.6 is 0 Å². The van der Waals surface area contributed by atoms with Crippen molar-refractivity contribution in [2.45, 2.75) is 51.4 Å². The third-order valence-electron chi connectivity index (χ3n) is 5.44. The molecule has 1 heteroatoms. The van der Waals surface area contributed by atoms with Crippen LogP contribution in [0.15, 0.2) is 0 Å². The van der Waals surface area contributed by atoms with Crippen LogP contribution in [-0.4, -0.2) is 25.0 Å². The van der Waals surface area contributed by atoms with Gasteiger partial charge in [0.1, 0.15) is 0 Å². The molecule has 0 aromatic carbocycles. The Hall–Kier alpha value is -0.0400. The van der Waals surface area contributed by atoms with E-state index in [1.807, 2.05) is 0 Å². The van der Waals surface area contributed by atoms with Crippen molar-refractivity contribution in [3.63, 3.8) is 0 Å². The average Bonchev–Trinajstić information content (AvgIpc) is 2.60. The smallest absolute Gasteiger partial charge is 0.00355 e. The maximum absolute atomic E-state index is 2.56. The summed E-state index contributed by atoms with van der Waals surface area (Å²) in [7, 11) is 2.31. The van der Waals surface area contributed by atoms with Crippen molar-refractivity contribution in [3.05, 3.63) is 0 Å². The van der Waals surface area contributed by atoms with Crippen LogP contribution in [0.1, 0.15) is 51.4 Å². The van der Waals surface area contributed by atoms with E-state index in [2.05, 4.69) is 11.9 Å². The number of likely N-dealkylation sites (tertiary alicyclic amines) is 1. The van der Waals surface area contributed by atoms with Gasteiger partial charge in [-0.15, -0.1) is 0 Å². The molecule has 3 atom stereocenters. The lowest BCUT2D eigenvalue weighted by Gasteiger charge is -2.45. The molecule has 3 aliphatic rings. The Kier molecular flexibility index (Phi) is 2.54. The fraction of sp³-hybridized carbons (Fsp3) is 1.00. The number of hydrogen-bond acceptors (Lipinski definition) is 1. The average molecular weight is 207 g/mol. The lowest BCUT2D eigenvalue weighted by Crippen LogP contribution is -2.37. The lowest BCUT2D eigenvalue weighted by atomic mass is 9.61. The van der Waals surface area contributed by atoms with E-state index in [-0.39, 0.29) is 0 Å². The van der Waals surface area contributed by atoms with Crippen LogP contribution < -0.4 is 0 Å². The molecule has 0 amide bonds. The molecule has 0 radical (unpaired) electrons. The first-order chi connectivity index (χ1) is 7.27. The molecule has 15 heavy (non-hydrogen) atoms. The molecule has 0 N–H and O–H groups in total. The van der Waals surface area contributed by atoms with Crippen molar-refractivity contribution >= 4 is 0 Å². The monoisotopic (exact) mass is 207 g/mol. The zero-order valence-corrected chi connectivity index (χ0v) is 10.2. The van der Waals surface area contributed by atoms with Crippen molar-refractivity contribution < 1.29 is 0 Å². The number of hydrogen-bond donors (Lipinski definition) is 0. The van der Waals surface area contributed by atoms with Crippen molar-refractivity contribution in [3.8, 4) is 0 Å². The summed E-state index contributed by atoms with van der Waals surface area (Å²) in [5.41, 5.74) is 0.757. The summed E-state index contributed by atoms with van der Waals surface area (Å²) in [6, 6.07) is 0. The Morgan fingerprint density at radius 2 is 1.80 bits per heavy atom. The van der Waals surface area contributed by atoms with Gasteiger partial charge in [0.2, 0.25) is 0 Å². The van der Waals surface area contributed by atoms with E-state index in [1.165, 1.54) is 32.4 Å². The molecule has 3 fully saturated rings. The summed E-state index contributed by atoms with van der Waals surface area (Å²) in [5.74, 6) is 2.23. The molecule has 2 saturated carbocycles. The van der Waals surface area contributed by atoms with E-state index in [9.17, 15) is 0 Å². The van der Waals surface area contributed by atoms with Gasteiger partial charge < -0.3 is 4.90 Å². The van der Waals surface area contributed by atoms with Crippen LogP contribution in [0, 0.1) is 17.3 Å². The Balaban J connectivity index is 1.69. The quantitative estimate of drug-likeness (QED) is 0.589. The fourth-order valence-corrected chi connectivity index (χ4v) is 4.61. The molecule has 1 heterocycles. The second-order valence-electron chi connectivity index (χ2n) is 6.54. The number of nitrogens with zero attached hydrogens (tertiary/aromatic N) is 1. The maximum atomic E-state index is 2.56. The van der Waals surface area contributed by atoms with Gasteiger partial charge in [0.05, 0.1) is 0 Å². The predicted molar refractivity (Wildman–Crippen MR) is 63.8 cm³/mol. The molecule has 0 unspecified atom stereocenters. The highest BCUT2D eigenvalue weighted by Gasteiger charge is 2.44. The van der Waals surface area contributed by atoms with Gasteiger partial charge in [0.15, 0.2) is 0 Å². The number of rotatable bonds is 0. The molecular formula is C14H25N. The van der Waals surface area contributed by atoms with Gasteiger partial charge in [0, 0.05) is 6.54 Å². The van der Waals surface area contributed by atoms with Crippen molar-refractivity contribution in [2.24, 2.45) is 17.3 Å². The van der Waals surface area contributed by atoms with Gasteiger partial charge in [-0.3, -0.25) is 0 Å². The molecule has 3 rings (SSSR count). The molecule has 1 aliphatic heterocycles. The van der Waals surface area contributed by atoms with Gasteiger partial charge in [-0.2, -0.15) is 0 Å². The van der Waals surface area contributed by atoms with Crippen molar-refractivity contribution in [2.75, 3.05) is 20.1 Å². The summed E-state index contributed by atoms with van der Waals surface area (Å²) in [6.45, 7) is 2.76. The topological polar surface area (TPSA) is 3.24 Å². The van der Waals surface area contributed by atoms with Gasteiger partial charge in [-0.05, 0) is 56.5 Å². The van der Waals surface area contributed by atoms with Gasteiger partial charge >= 0.3 is 0 Å². The second kappa shape index (κ2) is 3.76. The Morgan fingerprint density at radius 1 is 1.00 bits per heavy atom. The third-order valence-corrected chi connectivity index (χ3v) is 5.44. The highest BCUT2D eigenvalue weighted by molar-refractivity contribution is 4.96. The van der Waals surface area contributed by atoms with E-state index in [4.69, 9.17) is 0 Å². The molecule has 1 saturated heterocycles. The lowest BCUT2D eigenvalue weighted by molar-refractivity contribution is 0.0655. The van der Waals surface area contributed by atoms with Crippen LogP contribution in [-0.2, 0) is 0 Å². The van der Waals surface area contributed by atoms with Gasteiger partial charge in [-0.25, -0.2) is 0 Å². The second-order valence-corrected chi connectivity index (χ2v) is 6.54. The Labute approximate surface area is 94.2 Å². The van der Waals surface area contributed by atoms with Crippen LogP contribution in [0.4, 0.5) is 0 Å². The fourth-order valence-electron chi connectivity index (χ4n) is 4.61. The molecule has 86 valence electrons. The highest BCUT2D eigenvalue weighted by atomic mass is 15.1. The zero-order chi connectivity index (χ0) is 10.3. The van der Waals surface area contributed by atoms with Crippen LogP contribution in [0.3, 0.4) is 0 Å². The molecule has 1 spiro atoms. The maximum Gasteiger partial charge on any atom is 0.00355 e. The van der Waals surface area contributed by atoms with Crippen molar-refractivity contribution in [1.29, 1.82) is 0 Å². The summed E-state index contributed by atoms with van der Waals surface area (Å²) in [6.07, 6.45) is 12.3. The molecule has 0 aromatic rings. The summed E-state index contributed by atoms with van der Waals surface area (Å²) >= 11 is 0. The van der Waals surface area contributed by atoms with E-state index >= 15 is 0 Å². The number of fused-ring (bicyclic) bond motifs is 1. The minimum atomic E-state index is 0.757. The first kappa shape index (κ1) is 10.1. The first-order valence-corrected chi connectivity index (χ1v) is 6.96. The van der Waals surface area contributed by atoms with Crippen LogP contribution in [0.5, 0.6) is 0 Å². The summed E-state index contributed by atoms with van der Waals surface area (Å²) < 4.78 is 0. The minimum Gasteiger partial charge on any atom is -0.306 e. The van der Waals surface area contributed by atoms with E-state index in [1.54, 1.807) is 32.1 Å². The van der Waals surface area contributed by atoms with Crippen molar-refractivity contribution in [1.82, 2.24) is 4.90 Å². The largest absolute Gasteiger partial charge is 0.306 e. The van der Waals surface area contributed by atoms with Gasteiger partial charge in [-0.1, -0.05) is 25.7 Å². The summed E-state index contributed by atoms with van der Waals surface area (Å²) in [4.78, 5) is 2.56. The minimum absolute atomic E-state index is 0.757. The molecule has 1 nitrogen and oxygen atoms in total. The Bertz CT molecular complexity index is 237. The van der Waals surface area contributed by atoms with Crippen LogP contribution in [0.25, 0.3) is 0 Å². The highest BCUT2D eigenvalue weighted by Crippen LogP contribution is 2.51. The molecule has 0 bridgehead atoms. The van der Waals surface area contributed by atoms with E-state index in [0.29, 0.717) is 0 Å². The van der Waals surface area contributed by atoms with E-state index < -0.39 is 0 Å².